The van der Waals surface area contributed by atoms with Crippen molar-refractivity contribution in [2.24, 2.45) is 0 Å². The molecule has 2 N–H and O–H groups in total. The third-order valence-electron chi connectivity index (χ3n) is 3.37. The third-order valence-corrected chi connectivity index (χ3v) is 5.16. The molecule has 2 heterocycles. The van der Waals surface area contributed by atoms with Crippen LogP contribution in [0.5, 0.6) is 0 Å². The standard InChI is InChI=1S/C12H10O2S.2C4H3NO2/c13-15(14,11-7-3-1-4-8-11)12-9-5-2-6-10-12;2*6-3-1-2-4(7)5-3/h1-10H;2*1-2H,(H,5,6,7). The van der Waals surface area contributed by atoms with Crippen LogP contribution in [0, 0.1) is 0 Å². The molecule has 2 aromatic carbocycles. The average molecular weight is 412 g/mol. The summed E-state index contributed by atoms with van der Waals surface area (Å²) in [6.45, 7) is 0. The lowest BCUT2D eigenvalue weighted by Crippen LogP contribution is -2.19. The maximum absolute atomic E-state index is 12.0. The van der Waals surface area contributed by atoms with E-state index < -0.39 is 9.84 Å². The molecule has 148 valence electrons. The van der Waals surface area contributed by atoms with Crippen molar-refractivity contribution in [3.63, 3.8) is 0 Å². The Hall–Kier alpha value is -3.85. The number of nitrogens with one attached hydrogen (secondary N) is 2. The monoisotopic (exact) mass is 412 g/mol. The van der Waals surface area contributed by atoms with E-state index in [2.05, 4.69) is 0 Å². The van der Waals surface area contributed by atoms with Gasteiger partial charge in [-0.2, -0.15) is 0 Å². The summed E-state index contributed by atoms with van der Waals surface area (Å²) in [5.74, 6) is -1.31. The Balaban J connectivity index is 0.000000178. The Kier molecular flexibility index (Phi) is 7.33. The summed E-state index contributed by atoms with van der Waals surface area (Å²) >= 11 is 0. The molecule has 0 saturated heterocycles. The minimum atomic E-state index is -3.34. The Morgan fingerprint density at radius 1 is 0.483 bits per heavy atom. The van der Waals surface area contributed by atoms with Gasteiger partial charge >= 0.3 is 0 Å². The van der Waals surface area contributed by atoms with E-state index in [0.29, 0.717) is 9.79 Å². The molecule has 0 aromatic heterocycles. The fraction of sp³-hybridized carbons (Fsp3) is 0. The molecule has 9 heteroatoms. The van der Waals surface area contributed by atoms with Gasteiger partial charge in [0.25, 0.3) is 23.6 Å². The highest BCUT2D eigenvalue weighted by Crippen LogP contribution is 2.19. The minimum absolute atomic E-state index is 0.329. The van der Waals surface area contributed by atoms with E-state index in [9.17, 15) is 27.6 Å². The summed E-state index contributed by atoms with van der Waals surface area (Å²) in [5.41, 5.74) is 0. The maximum atomic E-state index is 12.0. The van der Waals surface area contributed by atoms with Crippen LogP contribution in [0.25, 0.3) is 0 Å². The Morgan fingerprint density at radius 2 is 0.759 bits per heavy atom. The van der Waals surface area contributed by atoms with E-state index in [0.717, 1.165) is 0 Å². The highest BCUT2D eigenvalue weighted by molar-refractivity contribution is 7.91. The van der Waals surface area contributed by atoms with Gasteiger partial charge in [0, 0.05) is 24.3 Å². The Labute approximate surface area is 166 Å². The van der Waals surface area contributed by atoms with Crippen LogP contribution in [0.2, 0.25) is 0 Å². The van der Waals surface area contributed by atoms with Crippen molar-refractivity contribution < 1.29 is 27.6 Å². The van der Waals surface area contributed by atoms with E-state index in [-0.39, 0.29) is 23.6 Å². The van der Waals surface area contributed by atoms with Crippen molar-refractivity contribution in [2.45, 2.75) is 9.79 Å². The quantitative estimate of drug-likeness (QED) is 0.707. The van der Waals surface area contributed by atoms with E-state index in [4.69, 9.17) is 0 Å². The lowest BCUT2D eigenvalue weighted by atomic mass is 10.4. The number of benzene rings is 2. The lowest BCUT2D eigenvalue weighted by Gasteiger charge is -2.03. The molecule has 2 aromatic rings. The first-order valence-corrected chi connectivity index (χ1v) is 9.68. The summed E-state index contributed by atoms with van der Waals surface area (Å²) in [5, 5.41) is 4.06. The SMILES string of the molecule is O=C1C=CC(=O)N1.O=C1C=CC(=O)N1.O=S(=O)(c1ccccc1)c1ccccc1. The number of hydrogen-bond acceptors (Lipinski definition) is 6. The largest absolute Gasteiger partial charge is 0.289 e. The average Bonchev–Trinajstić information content (AvgIpc) is 3.30. The van der Waals surface area contributed by atoms with Crippen LogP contribution in [0.4, 0.5) is 0 Å². The van der Waals surface area contributed by atoms with Gasteiger partial charge < -0.3 is 0 Å². The third kappa shape index (κ3) is 6.67. The Bertz CT molecular complexity index is 961. The minimum Gasteiger partial charge on any atom is -0.289 e. The summed E-state index contributed by atoms with van der Waals surface area (Å²) in [4.78, 5) is 40.8. The van der Waals surface area contributed by atoms with Crippen molar-refractivity contribution in [1.29, 1.82) is 0 Å². The van der Waals surface area contributed by atoms with Gasteiger partial charge in [0.1, 0.15) is 0 Å². The fourth-order valence-electron chi connectivity index (χ4n) is 2.05. The van der Waals surface area contributed by atoms with E-state index >= 15 is 0 Å². The molecule has 2 aliphatic heterocycles. The highest BCUT2D eigenvalue weighted by atomic mass is 32.2. The van der Waals surface area contributed by atoms with Gasteiger partial charge in [-0.15, -0.1) is 0 Å². The number of sulfone groups is 1. The Morgan fingerprint density at radius 3 is 0.966 bits per heavy atom. The summed E-state index contributed by atoms with van der Waals surface area (Å²) in [7, 11) is -3.34. The van der Waals surface area contributed by atoms with Crippen LogP contribution in [0.15, 0.2) is 94.8 Å². The van der Waals surface area contributed by atoms with E-state index in [1.807, 2.05) is 10.6 Å². The molecule has 4 rings (SSSR count). The molecule has 0 radical (unpaired) electrons. The summed E-state index contributed by atoms with van der Waals surface area (Å²) < 4.78 is 24.1. The molecule has 0 spiro atoms. The number of hydrogen-bond donors (Lipinski definition) is 2. The fourth-order valence-corrected chi connectivity index (χ4v) is 3.35. The predicted octanol–water partition coefficient (Wildman–Crippen LogP) is 0.917. The van der Waals surface area contributed by atoms with Gasteiger partial charge in [-0.25, -0.2) is 8.42 Å². The van der Waals surface area contributed by atoms with Crippen LogP contribution >= 0.6 is 0 Å². The number of amides is 4. The molecule has 0 saturated carbocycles. The molecule has 0 fully saturated rings. The second-order valence-corrected chi connectivity index (χ2v) is 7.45. The molecular weight excluding hydrogens is 396 g/mol. The molecule has 4 amide bonds. The van der Waals surface area contributed by atoms with E-state index in [1.165, 1.54) is 24.3 Å². The van der Waals surface area contributed by atoms with Gasteiger partial charge in [-0.1, -0.05) is 36.4 Å². The van der Waals surface area contributed by atoms with Crippen LogP contribution in [0.1, 0.15) is 0 Å². The van der Waals surface area contributed by atoms with Crippen LogP contribution in [-0.4, -0.2) is 32.0 Å². The topological polar surface area (TPSA) is 126 Å². The van der Waals surface area contributed by atoms with Crippen LogP contribution in [0.3, 0.4) is 0 Å². The van der Waals surface area contributed by atoms with Gasteiger partial charge in [-0.05, 0) is 24.3 Å². The zero-order valence-corrected chi connectivity index (χ0v) is 15.8. The molecule has 0 bridgehead atoms. The summed E-state index contributed by atoms with van der Waals surface area (Å²) in [6, 6.07) is 16.9. The van der Waals surface area contributed by atoms with Crippen LogP contribution in [-0.2, 0) is 29.0 Å². The number of carbonyl (C=O) groups excluding carboxylic acids is 4. The molecular formula is C20H16N2O6S. The predicted molar refractivity (Wildman–Crippen MR) is 103 cm³/mol. The lowest BCUT2D eigenvalue weighted by molar-refractivity contribution is -0.125. The normalized spacial score (nSPS) is 14.3. The first-order chi connectivity index (χ1) is 13.8. The van der Waals surface area contributed by atoms with Gasteiger partial charge in [0.05, 0.1) is 9.79 Å². The molecule has 0 aliphatic carbocycles. The molecule has 0 unspecified atom stereocenters. The highest BCUT2D eigenvalue weighted by Gasteiger charge is 2.15. The van der Waals surface area contributed by atoms with Gasteiger partial charge in [0.15, 0.2) is 0 Å². The second-order valence-electron chi connectivity index (χ2n) is 5.50. The van der Waals surface area contributed by atoms with E-state index in [1.54, 1.807) is 60.7 Å². The van der Waals surface area contributed by atoms with Crippen molar-refractivity contribution in [3.05, 3.63) is 85.0 Å². The van der Waals surface area contributed by atoms with Crippen molar-refractivity contribution in [1.82, 2.24) is 10.6 Å². The van der Waals surface area contributed by atoms with Crippen molar-refractivity contribution >= 4 is 33.5 Å². The zero-order valence-electron chi connectivity index (χ0n) is 14.9. The first kappa shape index (κ1) is 21.5. The first-order valence-electron chi connectivity index (χ1n) is 8.20. The molecule has 0 atom stereocenters. The van der Waals surface area contributed by atoms with Gasteiger partial charge in [-0.3, -0.25) is 29.8 Å². The van der Waals surface area contributed by atoms with Crippen LogP contribution < -0.4 is 10.6 Å². The van der Waals surface area contributed by atoms with Crippen molar-refractivity contribution in [3.8, 4) is 0 Å². The second kappa shape index (κ2) is 9.90. The van der Waals surface area contributed by atoms with Gasteiger partial charge in [0.2, 0.25) is 9.84 Å². The molecule has 29 heavy (non-hydrogen) atoms. The number of rotatable bonds is 2. The zero-order chi connectivity index (χ0) is 21.3. The maximum Gasteiger partial charge on any atom is 0.250 e. The van der Waals surface area contributed by atoms with Crippen molar-refractivity contribution in [2.75, 3.05) is 0 Å². The molecule has 2 aliphatic rings. The summed E-state index contributed by atoms with van der Waals surface area (Å²) in [6.07, 6.45) is 4.79. The number of imide groups is 2. The molecule has 8 nitrogen and oxygen atoms in total. The smallest absolute Gasteiger partial charge is 0.250 e. The number of carbonyl (C=O) groups is 4.